The van der Waals surface area contributed by atoms with E-state index in [2.05, 4.69) is 22.2 Å². The first kappa shape index (κ1) is 14.8. The topological polar surface area (TPSA) is 47.0 Å². The molecule has 1 N–H and O–H groups in total. The molecule has 0 spiro atoms. The monoisotopic (exact) mass is 291 g/mol. The first-order chi connectivity index (χ1) is 9.60. The molecule has 0 saturated heterocycles. The average molecular weight is 292 g/mol. The molecule has 4 nitrogen and oxygen atoms in total. The maximum absolute atomic E-state index is 6.13. The third-order valence-electron chi connectivity index (χ3n) is 2.87. The highest BCUT2D eigenvalue weighted by Gasteiger charge is 2.05. The second kappa shape index (κ2) is 6.68. The summed E-state index contributed by atoms with van der Waals surface area (Å²) in [5.74, 6) is 1.20. The Morgan fingerprint density at radius 3 is 2.40 bits per heavy atom. The lowest BCUT2D eigenvalue weighted by molar-refractivity contribution is 0.458. The molecule has 0 fully saturated rings. The number of aromatic nitrogens is 2. The minimum absolute atomic E-state index is 0.478. The van der Waals surface area contributed by atoms with Gasteiger partial charge in [0.25, 0.3) is 0 Å². The smallest absolute Gasteiger partial charge is 0.237 e. The van der Waals surface area contributed by atoms with Gasteiger partial charge in [-0.1, -0.05) is 18.5 Å². The van der Waals surface area contributed by atoms with Crippen molar-refractivity contribution in [3.05, 3.63) is 46.4 Å². The summed E-state index contributed by atoms with van der Waals surface area (Å²) in [6, 6.07) is 3.78. The molecule has 2 rings (SSSR count). The highest BCUT2D eigenvalue weighted by molar-refractivity contribution is 6.32. The molecule has 20 heavy (non-hydrogen) atoms. The van der Waals surface area contributed by atoms with E-state index >= 15 is 0 Å². The van der Waals surface area contributed by atoms with Crippen LogP contribution in [0.1, 0.15) is 23.7 Å². The minimum Gasteiger partial charge on any atom is -0.437 e. The van der Waals surface area contributed by atoms with Crippen LogP contribution < -0.4 is 10.1 Å². The molecule has 0 saturated carbocycles. The van der Waals surface area contributed by atoms with Gasteiger partial charge < -0.3 is 10.1 Å². The third kappa shape index (κ3) is 3.68. The molecule has 1 aromatic carbocycles. The van der Waals surface area contributed by atoms with E-state index in [1.165, 1.54) is 0 Å². The number of nitrogens with one attached hydrogen (secondary N) is 1. The molecular weight excluding hydrogens is 274 g/mol. The van der Waals surface area contributed by atoms with E-state index in [0.29, 0.717) is 12.4 Å². The fraction of sp³-hybridized carbons (Fsp3) is 0.333. The van der Waals surface area contributed by atoms with Crippen molar-refractivity contribution in [3.8, 4) is 11.6 Å². The maximum Gasteiger partial charge on any atom is 0.237 e. The van der Waals surface area contributed by atoms with Gasteiger partial charge in [0.05, 0.1) is 18.1 Å². The Labute approximate surface area is 124 Å². The summed E-state index contributed by atoms with van der Waals surface area (Å²) in [4.78, 5) is 8.55. The summed E-state index contributed by atoms with van der Waals surface area (Å²) in [6.45, 7) is 7.57. The molecule has 1 aromatic heterocycles. The van der Waals surface area contributed by atoms with E-state index in [1.807, 2.05) is 26.0 Å². The minimum atomic E-state index is 0.478. The molecule has 0 radical (unpaired) electrons. The Kier molecular flexibility index (Phi) is 4.93. The molecule has 0 aliphatic heterocycles. The van der Waals surface area contributed by atoms with Crippen LogP contribution in [0, 0.1) is 13.8 Å². The summed E-state index contributed by atoms with van der Waals surface area (Å²) in [6.07, 6.45) is 3.35. The number of nitrogens with zero attached hydrogens (tertiary/aromatic N) is 2. The van der Waals surface area contributed by atoms with E-state index < -0.39 is 0 Å². The quantitative estimate of drug-likeness (QED) is 0.913. The molecule has 106 valence electrons. The summed E-state index contributed by atoms with van der Waals surface area (Å²) in [7, 11) is 0. The summed E-state index contributed by atoms with van der Waals surface area (Å²) in [5.41, 5.74) is 2.86. The third-order valence-corrected chi connectivity index (χ3v) is 3.47. The Hall–Kier alpha value is -1.65. The summed E-state index contributed by atoms with van der Waals surface area (Å²) in [5, 5.41) is 3.96. The molecule has 0 atom stereocenters. The molecule has 0 aliphatic rings. The van der Waals surface area contributed by atoms with Gasteiger partial charge in [0.2, 0.25) is 5.88 Å². The van der Waals surface area contributed by atoms with Crippen molar-refractivity contribution < 1.29 is 4.74 Å². The number of ether oxygens (including phenoxy) is 1. The van der Waals surface area contributed by atoms with Gasteiger partial charge in [-0.25, -0.2) is 4.98 Å². The predicted molar refractivity (Wildman–Crippen MR) is 80.4 cm³/mol. The molecule has 0 aliphatic carbocycles. The van der Waals surface area contributed by atoms with Gasteiger partial charge in [-0.2, -0.15) is 0 Å². The molecule has 0 unspecified atom stereocenters. The Bertz CT molecular complexity index is 561. The van der Waals surface area contributed by atoms with Crippen LogP contribution in [0.15, 0.2) is 24.5 Å². The lowest BCUT2D eigenvalue weighted by Crippen LogP contribution is -2.13. The number of benzene rings is 1. The predicted octanol–water partition coefficient (Wildman–Crippen LogP) is 3.65. The van der Waals surface area contributed by atoms with Crippen molar-refractivity contribution in [1.82, 2.24) is 15.3 Å². The van der Waals surface area contributed by atoms with Crippen LogP contribution in [-0.2, 0) is 6.54 Å². The average Bonchev–Trinajstić information content (AvgIpc) is 2.44. The second-order valence-corrected chi connectivity index (χ2v) is 4.98. The fourth-order valence-corrected chi connectivity index (χ4v) is 1.93. The SMILES string of the molecule is CCNCc1cnc(Oc2cc(C)c(Cl)c(C)c2)cn1. The van der Waals surface area contributed by atoms with Crippen LogP contribution >= 0.6 is 11.6 Å². The number of halogens is 1. The molecule has 5 heteroatoms. The zero-order valence-electron chi connectivity index (χ0n) is 11.9. The largest absolute Gasteiger partial charge is 0.437 e. The van der Waals surface area contributed by atoms with E-state index in [-0.39, 0.29) is 0 Å². The number of rotatable bonds is 5. The van der Waals surface area contributed by atoms with Crippen molar-refractivity contribution in [2.45, 2.75) is 27.3 Å². The zero-order chi connectivity index (χ0) is 14.5. The van der Waals surface area contributed by atoms with E-state index in [9.17, 15) is 0 Å². The lowest BCUT2D eigenvalue weighted by atomic mass is 10.1. The molecule has 0 bridgehead atoms. The zero-order valence-corrected chi connectivity index (χ0v) is 12.7. The molecule has 2 aromatic rings. The highest BCUT2D eigenvalue weighted by Crippen LogP contribution is 2.28. The van der Waals surface area contributed by atoms with E-state index in [1.54, 1.807) is 12.4 Å². The fourth-order valence-electron chi connectivity index (χ4n) is 1.83. The Morgan fingerprint density at radius 1 is 1.15 bits per heavy atom. The Morgan fingerprint density at radius 2 is 1.85 bits per heavy atom. The van der Waals surface area contributed by atoms with Crippen LogP contribution in [0.4, 0.5) is 0 Å². The van der Waals surface area contributed by atoms with Crippen molar-refractivity contribution in [1.29, 1.82) is 0 Å². The molecular formula is C15H18ClN3O. The van der Waals surface area contributed by atoms with Gasteiger partial charge in [-0.3, -0.25) is 4.98 Å². The standard InChI is InChI=1S/C15H18ClN3O/c1-4-17-7-12-8-19-14(9-18-12)20-13-5-10(2)15(16)11(3)6-13/h5-6,8-9,17H,4,7H2,1-3H3. The normalized spacial score (nSPS) is 10.6. The summed E-state index contributed by atoms with van der Waals surface area (Å²) >= 11 is 6.13. The molecule has 0 amide bonds. The number of hydrogen-bond acceptors (Lipinski definition) is 4. The van der Waals surface area contributed by atoms with Gasteiger partial charge in [0.1, 0.15) is 5.75 Å². The first-order valence-electron chi connectivity index (χ1n) is 6.56. The van der Waals surface area contributed by atoms with Crippen LogP contribution in [0.2, 0.25) is 5.02 Å². The number of hydrogen-bond donors (Lipinski definition) is 1. The second-order valence-electron chi connectivity index (χ2n) is 4.60. The first-order valence-corrected chi connectivity index (χ1v) is 6.94. The van der Waals surface area contributed by atoms with Crippen LogP contribution in [0.3, 0.4) is 0 Å². The van der Waals surface area contributed by atoms with E-state index in [0.717, 1.165) is 34.1 Å². The van der Waals surface area contributed by atoms with Gasteiger partial charge in [-0.05, 0) is 43.7 Å². The summed E-state index contributed by atoms with van der Waals surface area (Å²) < 4.78 is 5.70. The lowest BCUT2D eigenvalue weighted by Gasteiger charge is -2.09. The van der Waals surface area contributed by atoms with Crippen LogP contribution in [0.25, 0.3) is 0 Å². The molecule has 1 heterocycles. The number of aryl methyl sites for hydroxylation is 2. The highest BCUT2D eigenvalue weighted by atomic mass is 35.5. The van der Waals surface area contributed by atoms with E-state index in [4.69, 9.17) is 16.3 Å². The van der Waals surface area contributed by atoms with Crippen molar-refractivity contribution in [2.75, 3.05) is 6.54 Å². The van der Waals surface area contributed by atoms with Gasteiger partial charge in [0, 0.05) is 11.6 Å². The van der Waals surface area contributed by atoms with Gasteiger partial charge in [-0.15, -0.1) is 0 Å². The van der Waals surface area contributed by atoms with Crippen molar-refractivity contribution in [3.63, 3.8) is 0 Å². The van der Waals surface area contributed by atoms with Crippen molar-refractivity contribution >= 4 is 11.6 Å². The van der Waals surface area contributed by atoms with Gasteiger partial charge in [0.15, 0.2) is 0 Å². The van der Waals surface area contributed by atoms with Crippen molar-refractivity contribution in [2.24, 2.45) is 0 Å². The maximum atomic E-state index is 6.13. The van der Waals surface area contributed by atoms with Gasteiger partial charge >= 0.3 is 0 Å². The Balaban J connectivity index is 2.10. The van der Waals surface area contributed by atoms with Crippen LogP contribution in [0.5, 0.6) is 11.6 Å². The van der Waals surface area contributed by atoms with Crippen LogP contribution in [-0.4, -0.2) is 16.5 Å².